The minimum Gasteiger partial charge on any atom is -0.312 e. The second-order valence-corrected chi connectivity index (χ2v) is 5.47. The van der Waals surface area contributed by atoms with E-state index in [4.69, 9.17) is 11.6 Å². The van der Waals surface area contributed by atoms with E-state index in [0.717, 1.165) is 10.6 Å². The number of alkyl halides is 4. The van der Waals surface area contributed by atoms with Gasteiger partial charge in [0, 0.05) is 24.4 Å². The molecule has 0 aliphatic heterocycles. The Labute approximate surface area is 121 Å². The molecule has 0 saturated heterocycles. The van der Waals surface area contributed by atoms with Crippen molar-refractivity contribution in [3.8, 4) is 0 Å². The topological polar surface area (TPSA) is 17.8 Å². The number of aromatic nitrogens is 2. The molecule has 1 aromatic carbocycles. The fourth-order valence-electron chi connectivity index (χ4n) is 2.63. The van der Waals surface area contributed by atoms with E-state index in [9.17, 15) is 22.0 Å². The van der Waals surface area contributed by atoms with Crippen LogP contribution in [-0.2, 0) is 12.0 Å². The van der Waals surface area contributed by atoms with Crippen LogP contribution < -0.4 is 0 Å². The third kappa shape index (κ3) is 2.09. The molecule has 1 aliphatic carbocycles. The SMILES string of the molecule is Fc1cc(F)c2nc(CCCl)n(C3(C(F)(F)F)CC3)c2c1. The largest absolute Gasteiger partial charge is 0.412 e. The average Bonchev–Trinajstić information content (AvgIpc) is 3.08. The van der Waals surface area contributed by atoms with Crippen molar-refractivity contribution in [2.75, 3.05) is 5.88 Å². The van der Waals surface area contributed by atoms with Gasteiger partial charge in [-0.1, -0.05) is 0 Å². The van der Waals surface area contributed by atoms with Crippen LogP contribution in [0.4, 0.5) is 22.0 Å². The molecule has 2 nitrogen and oxygen atoms in total. The van der Waals surface area contributed by atoms with Gasteiger partial charge in [-0.2, -0.15) is 13.2 Å². The molecular weight excluding hydrogens is 315 g/mol. The van der Waals surface area contributed by atoms with Gasteiger partial charge in [0.15, 0.2) is 5.82 Å². The number of benzene rings is 1. The lowest BCUT2D eigenvalue weighted by atomic mass is 10.2. The predicted octanol–water partition coefficient (Wildman–Crippen LogP) is 4.15. The Balaban J connectivity index is 2.32. The summed E-state index contributed by atoms with van der Waals surface area (Å²) >= 11 is 5.59. The molecule has 0 radical (unpaired) electrons. The number of hydrogen-bond acceptors (Lipinski definition) is 1. The number of rotatable bonds is 3. The monoisotopic (exact) mass is 324 g/mol. The van der Waals surface area contributed by atoms with Crippen molar-refractivity contribution in [1.82, 2.24) is 9.55 Å². The molecule has 1 saturated carbocycles. The fraction of sp³-hybridized carbons (Fsp3) is 0.462. The highest BCUT2D eigenvalue weighted by Crippen LogP contribution is 2.57. The zero-order valence-corrected chi connectivity index (χ0v) is 11.4. The molecule has 1 aliphatic rings. The lowest BCUT2D eigenvalue weighted by Gasteiger charge is -2.23. The Morgan fingerprint density at radius 2 is 1.90 bits per heavy atom. The first-order valence-electron chi connectivity index (χ1n) is 6.30. The van der Waals surface area contributed by atoms with Gasteiger partial charge in [0.05, 0.1) is 5.52 Å². The Kier molecular flexibility index (Phi) is 3.16. The third-order valence-electron chi connectivity index (χ3n) is 3.75. The third-order valence-corrected chi connectivity index (χ3v) is 3.93. The summed E-state index contributed by atoms with van der Waals surface area (Å²) in [6.07, 6.45) is -4.72. The second-order valence-electron chi connectivity index (χ2n) is 5.09. The molecule has 1 aromatic heterocycles. The van der Waals surface area contributed by atoms with Crippen LogP contribution in [-0.4, -0.2) is 21.6 Å². The maximum Gasteiger partial charge on any atom is 0.412 e. The van der Waals surface area contributed by atoms with Crippen molar-refractivity contribution in [3.63, 3.8) is 0 Å². The first-order chi connectivity index (χ1) is 9.80. The highest BCUT2D eigenvalue weighted by molar-refractivity contribution is 6.17. The van der Waals surface area contributed by atoms with Gasteiger partial charge in [-0.3, -0.25) is 0 Å². The van der Waals surface area contributed by atoms with Gasteiger partial charge in [0.2, 0.25) is 0 Å². The van der Waals surface area contributed by atoms with Crippen LogP contribution in [0.15, 0.2) is 12.1 Å². The van der Waals surface area contributed by atoms with Crippen LogP contribution >= 0.6 is 11.6 Å². The van der Waals surface area contributed by atoms with E-state index in [2.05, 4.69) is 4.98 Å². The Bertz CT molecular complexity index is 703. The zero-order chi connectivity index (χ0) is 15.4. The minimum absolute atomic E-state index is 0.0272. The Morgan fingerprint density at radius 1 is 1.24 bits per heavy atom. The van der Waals surface area contributed by atoms with Gasteiger partial charge in [-0.25, -0.2) is 13.8 Å². The van der Waals surface area contributed by atoms with Crippen molar-refractivity contribution in [3.05, 3.63) is 29.6 Å². The van der Waals surface area contributed by atoms with E-state index in [1.807, 2.05) is 0 Å². The minimum atomic E-state index is -4.51. The molecule has 21 heavy (non-hydrogen) atoms. The quantitative estimate of drug-likeness (QED) is 0.612. The summed E-state index contributed by atoms with van der Waals surface area (Å²) in [5, 5.41) is 0. The number of imidazole rings is 1. The van der Waals surface area contributed by atoms with Crippen molar-refractivity contribution in [1.29, 1.82) is 0 Å². The molecule has 8 heteroatoms. The maximum atomic E-state index is 13.8. The lowest BCUT2D eigenvalue weighted by Crippen LogP contribution is -2.36. The zero-order valence-electron chi connectivity index (χ0n) is 10.6. The summed E-state index contributed by atoms with van der Waals surface area (Å²) in [5.41, 5.74) is -2.56. The Morgan fingerprint density at radius 3 is 2.43 bits per heavy atom. The van der Waals surface area contributed by atoms with Crippen LogP contribution in [0.2, 0.25) is 0 Å². The summed E-state index contributed by atoms with van der Waals surface area (Å²) in [5.74, 6) is -1.84. The summed E-state index contributed by atoms with van der Waals surface area (Å²) in [4.78, 5) is 3.90. The molecule has 0 bridgehead atoms. The highest BCUT2D eigenvalue weighted by atomic mass is 35.5. The van der Waals surface area contributed by atoms with Crippen molar-refractivity contribution in [2.45, 2.75) is 31.0 Å². The molecule has 2 aromatic rings. The van der Waals surface area contributed by atoms with Crippen LogP contribution in [0.25, 0.3) is 11.0 Å². The lowest BCUT2D eigenvalue weighted by molar-refractivity contribution is -0.179. The molecule has 114 valence electrons. The van der Waals surface area contributed by atoms with Gasteiger partial charge in [-0.05, 0) is 12.8 Å². The molecule has 0 atom stereocenters. The van der Waals surface area contributed by atoms with Gasteiger partial charge in [0.1, 0.15) is 22.7 Å². The summed E-state index contributed by atoms with van der Waals surface area (Å²) in [6, 6.07) is 1.49. The van der Waals surface area contributed by atoms with E-state index in [1.165, 1.54) is 0 Å². The van der Waals surface area contributed by atoms with Gasteiger partial charge < -0.3 is 4.57 Å². The maximum absolute atomic E-state index is 13.8. The fourth-order valence-corrected chi connectivity index (χ4v) is 2.80. The molecule has 0 spiro atoms. The van der Waals surface area contributed by atoms with Crippen LogP contribution in [0.3, 0.4) is 0 Å². The normalized spacial score (nSPS) is 17.4. The number of halogens is 6. The van der Waals surface area contributed by atoms with Gasteiger partial charge in [0.25, 0.3) is 0 Å². The van der Waals surface area contributed by atoms with Gasteiger partial charge in [-0.15, -0.1) is 11.6 Å². The molecule has 1 fully saturated rings. The number of fused-ring (bicyclic) bond motifs is 1. The van der Waals surface area contributed by atoms with Crippen LogP contribution in [0, 0.1) is 11.6 Å². The summed E-state index contributed by atoms with van der Waals surface area (Å²) in [7, 11) is 0. The van der Waals surface area contributed by atoms with Crippen molar-refractivity contribution >= 4 is 22.6 Å². The van der Waals surface area contributed by atoms with E-state index >= 15 is 0 Å². The van der Waals surface area contributed by atoms with Crippen molar-refractivity contribution < 1.29 is 22.0 Å². The average molecular weight is 325 g/mol. The predicted molar refractivity (Wildman–Crippen MR) is 67.3 cm³/mol. The van der Waals surface area contributed by atoms with E-state index in [-0.39, 0.29) is 42.0 Å². The second kappa shape index (κ2) is 4.56. The number of nitrogens with zero attached hydrogens (tertiary/aromatic N) is 2. The molecule has 0 amide bonds. The standard InChI is InChI=1S/C13H10ClF5N2/c14-4-1-10-20-11-8(16)5-7(15)6-9(11)21(10)12(2-3-12)13(17,18)19/h5-6H,1-4H2. The first kappa shape index (κ1) is 14.6. The highest BCUT2D eigenvalue weighted by Gasteiger charge is 2.65. The molecule has 0 unspecified atom stereocenters. The van der Waals surface area contributed by atoms with E-state index in [1.54, 1.807) is 0 Å². The molecular formula is C13H10ClF5N2. The molecule has 0 N–H and O–H groups in total. The van der Waals surface area contributed by atoms with E-state index < -0.39 is 23.3 Å². The summed E-state index contributed by atoms with van der Waals surface area (Å²) < 4.78 is 68.1. The van der Waals surface area contributed by atoms with Gasteiger partial charge >= 0.3 is 6.18 Å². The smallest absolute Gasteiger partial charge is 0.312 e. The summed E-state index contributed by atoms with van der Waals surface area (Å²) in [6.45, 7) is 0. The molecule has 1 heterocycles. The van der Waals surface area contributed by atoms with Crippen molar-refractivity contribution in [2.24, 2.45) is 0 Å². The number of hydrogen-bond donors (Lipinski definition) is 0. The van der Waals surface area contributed by atoms with Crippen LogP contribution in [0.5, 0.6) is 0 Å². The van der Waals surface area contributed by atoms with Crippen LogP contribution in [0.1, 0.15) is 18.7 Å². The first-order valence-corrected chi connectivity index (χ1v) is 6.83. The Hall–Kier alpha value is -1.37. The van der Waals surface area contributed by atoms with E-state index in [0.29, 0.717) is 6.07 Å². The number of aryl methyl sites for hydroxylation is 1. The molecule has 3 rings (SSSR count).